The zero-order valence-corrected chi connectivity index (χ0v) is 11.7. The Balaban J connectivity index is 2.38. The minimum atomic E-state index is -0.567. The first-order chi connectivity index (χ1) is 9.45. The largest absolute Gasteiger partial charge is 0.415 e. The van der Waals surface area contributed by atoms with E-state index in [0.717, 1.165) is 0 Å². The van der Waals surface area contributed by atoms with Gasteiger partial charge in [-0.3, -0.25) is 9.89 Å². The van der Waals surface area contributed by atoms with Gasteiger partial charge in [0, 0.05) is 16.1 Å². The zero-order valence-electron chi connectivity index (χ0n) is 10.2. The van der Waals surface area contributed by atoms with Crippen LogP contribution in [0.25, 0.3) is 16.8 Å². The number of aromatic nitrogens is 2. The molecule has 0 aliphatic heterocycles. The normalized spacial score (nSPS) is 11.2. The second-order valence-corrected chi connectivity index (χ2v) is 5.21. The van der Waals surface area contributed by atoms with Gasteiger partial charge in [-0.05, 0) is 30.7 Å². The standard InChI is InChI=1S/C13H8Cl2N2O3/c1-6-2-10(18)20-12-11(6)16-17(13(12)19)9-4-7(14)3-8(15)5-9/h2-5,16H,1H3. The number of benzene rings is 1. The summed E-state index contributed by atoms with van der Waals surface area (Å²) in [4.78, 5) is 23.6. The Labute approximate surface area is 122 Å². The van der Waals surface area contributed by atoms with Crippen molar-refractivity contribution in [1.29, 1.82) is 0 Å². The maximum Gasteiger partial charge on any atom is 0.336 e. The lowest BCUT2D eigenvalue weighted by Gasteiger charge is -2.02. The van der Waals surface area contributed by atoms with E-state index in [1.165, 1.54) is 10.7 Å². The van der Waals surface area contributed by atoms with Gasteiger partial charge < -0.3 is 4.42 Å². The summed E-state index contributed by atoms with van der Waals surface area (Å²) in [6, 6.07) is 6.04. The van der Waals surface area contributed by atoms with Crippen molar-refractivity contribution < 1.29 is 4.42 Å². The Kier molecular flexibility index (Phi) is 2.96. The van der Waals surface area contributed by atoms with Crippen molar-refractivity contribution in [3.05, 3.63) is 60.6 Å². The summed E-state index contributed by atoms with van der Waals surface area (Å²) in [5.41, 5.74) is 0.490. The highest BCUT2D eigenvalue weighted by Gasteiger charge is 2.14. The summed E-state index contributed by atoms with van der Waals surface area (Å²) in [5, 5.41) is 3.68. The summed E-state index contributed by atoms with van der Waals surface area (Å²) in [5.74, 6) is 0. The van der Waals surface area contributed by atoms with Gasteiger partial charge in [-0.1, -0.05) is 23.2 Å². The van der Waals surface area contributed by atoms with Crippen molar-refractivity contribution in [3.63, 3.8) is 0 Å². The van der Waals surface area contributed by atoms with Crippen LogP contribution in [-0.4, -0.2) is 9.78 Å². The van der Waals surface area contributed by atoms with Crippen LogP contribution in [0.5, 0.6) is 0 Å². The van der Waals surface area contributed by atoms with Crippen LogP contribution in [0.3, 0.4) is 0 Å². The van der Waals surface area contributed by atoms with Gasteiger partial charge in [-0.2, -0.15) is 0 Å². The molecule has 0 bridgehead atoms. The van der Waals surface area contributed by atoms with Gasteiger partial charge in [0.15, 0.2) is 0 Å². The van der Waals surface area contributed by atoms with Gasteiger partial charge in [-0.15, -0.1) is 0 Å². The van der Waals surface area contributed by atoms with Crippen LogP contribution in [0.15, 0.2) is 38.3 Å². The quantitative estimate of drug-likeness (QED) is 0.751. The molecule has 0 fully saturated rings. The van der Waals surface area contributed by atoms with Crippen LogP contribution < -0.4 is 11.2 Å². The van der Waals surface area contributed by atoms with E-state index in [9.17, 15) is 9.59 Å². The third-order valence-electron chi connectivity index (χ3n) is 2.88. The lowest BCUT2D eigenvalue weighted by Crippen LogP contribution is -2.14. The average molecular weight is 311 g/mol. The van der Waals surface area contributed by atoms with E-state index < -0.39 is 11.2 Å². The SMILES string of the molecule is Cc1cc(=O)oc2c(=O)n(-c3cc(Cl)cc(Cl)c3)[nH]c12. The molecule has 0 saturated heterocycles. The zero-order chi connectivity index (χ0) is 14.4. The number of hydrogen-bond acceptors (Lipinski definition) is 3. The van der Waals surface area contributed by atoms with Gasteiger partial charge in [0.1, 0.15) is 5.52 Å². The third kappa shape index (κ3) is 2.05. The summed E-state index contributed by atoms with van der Waals surface area (Å²) < 4.78 is 6.18. The number of rotatable bonds is 1. The molecule has 7 heteroatoms. The molecule has 1 aromatic carbocycles. The van der Waals surface area contributed by atoms with Crippen LogP contribution in [0.2, 0.25) is 10.0 Å². The van der Waals surface area contributed by atoms with Gasteiger partial charge >= 0.3 is 11.2 Å². The predicted molar refractivity (Wildman–Crippen MR) is 77.2 cm³/mol. The Morgan fingerprint density at radius 1 is 1.10 bits per heavy atom. The molecule has 2 heterocycles. The molecule has 1 N–H and O–H groups in total. The van der Waals surface area contributed by atoms with E-state index in [1.807, 2.05) is 0 Å². The molecule has 0 saturated carbocycles. The average Bonchev–Trinajstić information content (AvgIpc) is 2.66. The maximum absolute atomic E-state index is 12.3. The molecule has 2 aromatic heterocycles. The van der Waals surface area contributed by atoms with Crippen molar-refractivity contribution in [2.75, 3.05) is 0 Å². The smallest absolute Gasteiger partial charge is 0.336 e. The molecule has 0 unspecified atom stereocenters. The van der Waals surface area contributed by atoms with Crippen molar-refractivity contribution in [2.45, 2.75) is 6.92 Å². The lowest BCUT2D eigenvalue weighted by molar-refractivity contribution is 0.556. The van der Waals surface area contributed by atoms with Crippen LogP contribution in [0.4, 0.5) is 0 Å². The molecule has 0 spiro atoms. The number of fused-ring (bicyclic) bond motifs is 1. The van der Waals surface area contributed by atoms with E-state index in [0.29, 0.717) is 26.8 Å². The van der Waals surface area contributed by atoms with Crippen molar-refractivity contribution in [1.82, 2.24) is 9.78 Å². The number of H-pyrrole nitrogens is 1. The summed E-state index contributed by atoms with van der Waals surface area (Å²) in [7, 11) is 0. The van der Waals surface area contributed by atoms with Crippen LogP contribution >= 0.6 is 23.2 Å². The first-order valence-corrected chi connectivity index (χ1v) is 6.43. The molecule has 0 amide bonds. The van der Waals surface area contributed by atoms with Crippen molar-refractivity contribution in [2.24, 2.45) is 0 Å². The highest BCUT2D eigenvalue weighted by atomic mass is 35.5. The molecular weight excluding hydrogens is 303 g/mol. The number of nitrogens with one attached hydrogen (secondary N) is 1. The molecule has 0 aliphatic carbocycles. The van der Waals surface area contributed by atoms with E-state index in [1.54, 1.807) is 25.1 Å². The van der Waals surface area contributed by atoms with Gasteiger partial charge in [0.05, 0.1) is 5.69 Å². The predicted octanol–water partition coefficient (Wildman–Crippen LogP) is 2.89. The van der Waals surface area contributed by atoms with Crippen molar-refractivity contribution in [3.8, 4) is 5.69 Å². The number of hydrogen-bond donors (Lipinski definition) is 1. The highest BCUT2D eigenvalue weighted by molar-refractivity contribution is 6.34. The molecular formula is C13H8Cl2N2O3. The van der Waals surface area contributed by atoms with Gasteiger partial charge in [0.25, 0.3) is 0 Å². The Morgan fingerprint density at radius 2 is 1.75 bits per heavy atom. The van der Waals surface area contributed by atoms with Gasteiger partial charge in [-0.25, -0.2) is 9.48 Å². The fourth-order valence-corrected chi connectivity index (χ4v) is 2.53. The lowest BCUT2D eigenvalue weighted by atomic mass is 10.3. The van der Waals surface area contributed by atoms with Crippen LogP contribution in [-0.2, 0) is 0 Å². The molecule has 0 atom stereocenters. The molecule has 0 radical (unpaired) electrons. The topological polar surface area (TPSA) is 68.0 Å². The van der Waals surface area contributed by atoms with Crippen molar-refractivity contribution >= 4 is 34.3 Å². The van der Waals surface area contributed by atoms with Gasteiger partial charge in [0.2, 0.25) is 5.58 Å². The third-order valence-corrected chi connectivity index (χ3v) is 3.32. The molecule has 0 aliphatic rings. The number of aromatic amines is 1. The highest BCUT2D eigenvalue weighted by Crippen LogP contribution is 2.21. The second kappa shape index (κ2) is 4.54. The molecule has 3 aromatic rings. The van der Waals surface area contributed by atoms with E-state index in [4.69, 9.17) is 27.6 Å². The second-order valence-electron chi connectivity index (χ2n) is 4.33. The summed E-state index contributed by atoms with van der Waals surface area (Å²) in [6.07, 6.45) is 0. The molecule has 20 heavy (non-hydrogen) atoms. The Morgan fingerprint density at radius 3 is 2.40 bits per heavy atom. The molecule has 102 valence electrons. The van der Waals surface area contributed by atoms with Crippen LogP contribution in [0.1, 0.15) is 5.56 Å². The summed E-state index contributed by atoms with van der Waals surface area (Å²) >= 11 is 11.8. The van der Waals surface area contributed by atoms with Crippen LogP contribution in [0, 0.1) is 6.92 Å². The fraction of sp³-hybridized carbons (Fsp3) is 0.0769. The minimum Gasteiger partial charge on any atom is -0.415 e. The monoisotopic (exact) mass is 310 g/mol. The fourth-order valence-electron chi connectivity index (χ4n) is 2.01. The first kappa shape index (κ1) is 13.0. The molecule has 3 rings (SSSR count). The van der Waals surface area contributed by atoms with E-state index in [2.05, 4.69) is 5.10 Å². The Hall–Kier alpha value is -1.98. The number of halogens is 2. The number of aryl methyl sites for hydroxylation is 1. The minimum absolute atomic E-state index is 0.0221. The summed E-state index contributed by atoms with van der Waals surface area (Å²) in [6.45, 7) is 1.71. The molecule has 5 nitrogen and oxygen atoms in total. The number of nitrogens with zero attached hydrogens (tertiary/aromatic N) is 1. The first-order valence-electron chi connectivity index (χ1n) is 5.67. The Bertz CT molecular complexity index is 917. The van der Waals surface area contributed by atoms with E-state index >= 15 is 0 Å². The van der Waals surface area contributed by atoms with E-state index in [-0.39, 0.29) is 5.58 Å². The maximum atomic E-state index is 12.3.